The van der Waals surface area contributed by atoms with Crippen molar-refractivity contribution in [3.8, 4) is 11.5 Å². The fourth-order valence-corrected chi connectivity index (χ4v) is 1.73. The average Bonchev–Trinajstić information content (AvgIpc) is 2.35. The smallest absolute Gasteiger partial charge is 0.337 e. The summed E-state index contributed by atoms with van der Waals surface area (Å²) in [6, 6.07) is 3.34. The molecule has 2 aromatic rings. The number of hydrogen-bond acceptors (Lipinski definition) is 3. The fourth-order valence-electron chi connectivity index (χ4n) is 1.33. The molecule has 1 aromatic carbocycles. The van der Waals surface area contributed by atoms with Gasteiger partial charge in [-0.25, -0.2) is 9.18 Å². The van der Waals surface area contributed by atoms with Crippen LogP contribution in [0.4, 0.5) is 8.78 Å². The van der Waals surface area contributed by atoms with Crippen LogP contribution in [0.3, 0.4) is 0 Å². The molecule has 2 rings (SSSR count). The molecule has 0 bridgehead atoms. The summed E-state index contributed by atoms with van der Waals surface area (Å²) in [6.07, 6.45) is 2.32. The number of halogens is 3. The van der Waals surface area contributed by atoms with Crippen LogP contribution >= 0.6 is 15.9 Å². The van der Waals surface area contributed by atoms with Crippen LogP contribution in [0.5, 0.6) is 11.5 Å². The van der Waals surface area contributed by atoms with Crippen molar-refractivity contribution in [2.45, 2.75) is 0 Å². The number of benzene rings is 1. The Morgan fingerprint density at radius 3 is 2.68 bits per heavy atom. The number of aromatic carboxylic acids is 1. The highest BCUT2D eigenvalue weighted by Crippen LogP contribution is 2.29. The maximum atomic E-state index is 13.5. The van der Waals surface area contributed by atoms with E-state index >= 15 is 0 Å². The molecule has 0 spiro atoms. The Kier molecular flexibility index (Phi) is 3.75. The number of rotatable bonds is 3. The van der Waals surface area contributed by atoms with Gasteiger partial charge in [0.15, 0.2) is 11.6 Å². The number of ether oxygens (including phenoxy) is 1. The van der Waals surface area contributed by atoms with Gasteiger partial charge in [-0.05, 0) is 18.2 Å². The Labute approximate surface area is 114 Å². The molecule has 98 valence electrons. The third-order valence-corrected chi connectivity index (χ3v) is 2.61. The van der Waals surface area contributed by atoms with Crippen molar-refractivity contribution in [3.63, 3.8) is 0 Å². The van der Waals surface area contributed by atoms with Crippen molar-refractivity contribution >= 4 is 21.9 Å². The molecule has 0 unspecified atom stereocenters. The summed E-state index contributed by atoms with van der Waals surface area (Å²) in [4.78, 5) is 14.4. The highest BCUT2D eigenvalue weighted by atomic mass is 79.9. The summed E-state index contributed by atoms with van der Waals surface area (Å²) in [5, 5.41) is 8.78. The van der Waals surface area contributed by atoms with Gasteiger partial charge < -0.3 is 9.84 Å². The lowest BCUT2D eigenvalue weighted by Crippen LogP contribution is -1.98. The molecule has 1 heterocycles. The average molecular weight is 330 g/mol. The first kappa shape index (κ1) is 13.4. The summed E-state index contributed by atoms with van der Waals surface area (Å²) < 4.78 is 32.0. The Bertz CT molecular complexity index is 649. The number of pyridine rings is 1. The number of carboxylic acids is 1. The van der Waals surface area contributed by atoms with Crippen LogP contribution in [0.2, 0.25) is 0 Å². The molecular formula is C12H6BrF2NO3. The summed E-state index contributed by atoms with van der Waals surface area (Å²) in [5.41, 5.74) is -0.117. The minimum absolute atomic E-state index is 0.00343. The summed E-state index contributed by atoms with van der Waals surface area (Å²) in [6.45, 7) is 0. The molecule has 4 nitrogen and oxygen atoms in total. The topological polar surface area (TPSA) is 59.4 Å². The Morgan fingerprint density at radius 2 is 2.00 bits per heavy atom. The molecule has 0 amide bonds. The van der Waals surface area contributed by atoms with Gasteiger partial charge in [-0.2, -0.15) is 4.39 Å². The van der Waals surface area contributed by atoms with Gasteiger partial charge in [-0.3, -0.25) is 4.98 Å². The molecular weight excluding hydrogens is 324 g/mol. The summed E-state index contributed by atoms with van der Waals surface area (Å²) >= 11 is 3.00. The van der Waals surface area contributed by atoms with Gasteiger partial charge in [-0.15, -0.1) is 0 Å². The molecule has 0 atom stereocenters. The minimum Gasteiger partial charge on any atom is -0.478 e. The lowest BCUT2D eigenvalue weighted by molar-refractivity contribution is 0.0696. The van der Waals surface area contributed by atoms with Crippen molar-refractivity contribution in [2.24, 2.45) is 0 Å². The second-order valence-electron chi connectivity index (χ2n) is 3.52. The molecule has 0 aliphatic carbocycles. The van der Waals surface area contributed by atoms with Crippen LogP contribution in [0.15, 0.2) is 35.1 Å². The second-order valence-corrected chi connectivity index (χ2v) is 4.43. The van der Waals surface area contributed by atoms with E-state index in [-0.39, 0.29) is 17.1 Å². The molecule has 7 heteroatoms. The largest absolute Gasteiger partial charge is 0.478 e. The van der Waals surface area contributed by atoms with Gasteiger partial charge in [0, 0.05) is 10.7 Å². The molecule has 0 fully saturated rings. The van der Waals surface area contributed by atoms with Crippen molar-refractivity contribution in [1.82, 2.24) is 4.98 Å². The van der Waals surface area contributed by atoms with Gasteiger partial charge in [0.2, 0.25) is 5.82 Å². The summed E-state index contributed by atoms with van der Waals surface area (Å²) in [7, 11) is 0. The Morgan fingerprint density at radius 1 is 1.26 bits per heavy atom. The van der Waals surface area contributed by atoms with E-state index < -0.39 is 17.6 Å². The Hall–Kier alpha value is -2.02. The minimum atomic E-state index is -1.20. The summed E-state index contributed by atoms with van der Waals surface area (Å²) in [5.74, 6) is -3.80. The zero-order valence-electron chi connectivity index (χ0n) is 9.23. The third-order valence-electron chi connectivity index (χ3n) is 2.15. The lowest BCUT2D eigenvalue weighted by atomic mass is 10.3. The van der Waals surface area contributed by atoms with Crippen LogP contribution in [-0.2, 0) is 0 Å². The van der Waals surface area contributed by atoms with E-state index in [9.17, 15) is 13.6 Å². The van der Waals surface area contributed by atoms with E-state index in [1.165, 1.54) is 12.3 Å². The molecule has 0 radical (unpaired) electrons. The van der Waals surface area contributed by atoms with E-state index in [4.69, 9.17) is 9.84 Å². The normalized spacial score (nSPS) is 10.3. The highest BCUT2D eigenvalue weighted by Gasteiger charge is 2.13. The van der Waals surface area contributed by atoms with Gasteiger partial charge in [0.05, 0.1) is 11.8 Å². The first-order valence-corrected chi connectivity index (χ1v) is 5.77. The first-order valence-electron chi connectivity index (χ1n) is 4.98. The Balaban J connectivity index is 2.36. The van der Waals surface area contributed by atoms with Crippen LogP contribution in [-0.4, -0.2) is 16.1 Å². The van der Waals surface area contributed by atoms with E-state index in [0.29, 0.717) is 4.47 Å². The highest BCUT2D eigenvalue weighted by molar-refractivity contribution is 9.10. The zero-order valence-corrected chi connectivity index (χ0v) is 10.8. The molecule has 1 aromatic heterocycles. The molecule has 19 heavy (non-hydrogen) atoms. The molecule has 0 aliphatic rings. The number of carboxylic acid groups (broad SMARTS) is 1. The third kappa shape index (κ3) is 3.05. The predicted molar refractivity (Wildman–Crippen MR) is 65.3 cm³/mol. The van der Waals surface area contributed by atoms with Crippen molar-refractivity contribution in [2.75, 3.05) is 0 Å². The van der Waals surface area contributed by atoms with Gasteiger partial charge in [-0.1, -0.05) is 15.9 Å². The molecule has 0 saturated carbocycles. The van der Waals surface area contributed by atoms with E-state index in [1.807, 2.05) is 0 Å². The molecule has 0 aliphatic heterocycles. The first-order chi connectivity index (χ1) is 8.97. The number of hydrogen-bond donors (Lipinski definition) is 1. The van der Waals surface area contributed by atoms with Crippen LogP contribution in [0.1, 0.15) is 10.4 Å². The van der Waals surface area contributed by atoms with Crippen molar-refractivity contribution in [1.29, 1.82) is 0 Å². The SMILES string of the molecule is O=C(O)c1cncc(Oc2cc(Br)cc(F)c2F)c1. The van der Waals surface area contributed by atoms with Crippen LogP contribution in [0.25, 0.3) is 0 Å². The number of aromatic nitrogens is 1. The number of nitrogens with zero attached hydrogens (tertiary/aromatic N) is 1. The standard InChI is InChI=1S/C12H6BrF2NO3/c13-7-2-9(14)11(15)10(3-7)19-8-1-6(12(17)18)4-16-5-8/h1-5H,(H,17,18). The van der Waals surface area contributed by atoms with Gasteiger partial charge in [0.25, 0.3) is 0 Å². The van der Waals surface area contributed by atoms with E-state index in [0.717, 1.165) is 18.3 Å². The van der Waals surface area contributed by atoms with E-state index in [2.05, 4.69) is 20.9 Å². The second kappa shape index (κ2) is 5.31. The maximum Gasteiger partial charge on any atom is 0.337 e. The van der Waals surface area contributed by atoms with Crippen LogP contribution in [0, 0.1) is 11.6 Å². The van der Waals surface area contributed by atoms with Crippen LogP contribution < -0.4 is 4.74 Å². The van der Waals surface area contributed by atoms with Gasteiger partial charge >= 0.3 is 5.97 Å². The van der Waals surface area contributed by atoms with Crippen molar-refractivity contribution in [3.05, 3.63) is 52.3 Å². The van der Waals surface area contributed by atoms with E-state index in [1.54, 1.807) is 0 Å². The zero-order chi connectivity index (χ0) is 14.0. The maximum absolute atomic E-state index is 13.5. The quantitative estimate of drug-likeness (QED) is 0.874. The number of carbonyl (C=O) groups is 1. The molecule has 1 N–H and O–H groups in total. The molecule has 0 saturated heterocycles. The monoisotopic (exact) mass is 329 g/mol. The fraction of sp³-hybridized carbons (Fsp3) is 0. The predicted octanol–water partition coefficient (Wildman–Crippen LogP) is 3.61. The lowest BCUT2D eigenvalue weighted by Gasteiger charge is -2.08. The van der Waals surface area contributed by atoms with Crippen molar-refractivity contribution < 1.29 is 23.4 Å². The van der Waals surface area contributed by atoms with Gasteiger partial charge in [0.1, 0.15) is 5.75 Å².